The predicted octanol–water partition coefficient (Wildman–Crippen LogP) is 3.82. The molecule has 6 nitrogen and oxygen atoms in total. The van der Waals surface area contributed by atoms with E-state index >= 15 is 0 Å². The van der Waals surface area contributed by atoms with E-state index in [-0.39, 0.29) is 23.9 Å². The maximum Gasteiger partial charge on any atom is 0.254 e. The summed E-state index contributed by atoms with van der Waals surface area (Å²) in [6.07, 6.45) is 4.72. The molecule has 0 saturated carbocycles. The van der Waals surface area contributed by atoms with Gasteiger partial charge >= 0.3 is 0 Å². The molecule has 3 atom stereocenters. The molecule has 2 aromatic rings. The molecule has 32 heavy (non-hydrogen) atoms. The second-order valence-corrected chi connectivity index (χ2v) is 9.09. The third-order valence-electron chi connectivity index (χ3n) is 6.72. The van der Waals surface area contributed by atoms with E-state index in [1.165, 1.54) is 0 Å². The van der Waals surface area contributed by atoms with Crippen LogP contribution in [-0.4, -0.2) is 41.4 Å². The van der Waals surface area contributed by atoms with E-state index in [1.807, 2.05) is 47.4 Å². The van der Waals surface area contributed by atoms with Gasteiger partial charge in [0.25, 0.3) is 5.91 Å². The summed E-state index contributed by atoms with van der Waals surface area (Å²) in [5.41, 5.74) is 6.81. The van der Waals surface area contributed by atoms with E-state index in [4.69, 9.17) is 10.5 Å². The van der Waals surface area contributed by atoms with Gasteiger partial charge in [0.05, 0.1) is 24.2 Å². The van der Waals surface area contributed by atoms with Crippen molar-refractivity contribution in [3.63, 3.8) is 0 Å². The van der Waals surface area contributed by atoms with E-state index in [0.717, 1.165) is 37.0 Å². The largest absolute Gasteiger partial charge is 0.494 e. The Bertz CT molecular complexity index is 931. The van der Waals surface area contributed by atoms with Crippen LogP contribution in [0.25, 0.3) is 0 Å². The second kappa shape index (κ2) is 9.74. The number of carbonyl (C=O) groups excluding carboxylic acids is 2. The number of ether oxygens (including phenoxy) is 1. The van der Waals surface area contributed by atoms with Gasteiger partial charge in [-0.1, -0.05) is 36.8 Å². The smallest absolute Gasteiger partial charge is 0.254 e. The summed E-state index contributed by atoms with van der Waals surface area (Å²) >= 11 is 0. The summed E-state index contributed by atoms with van der Waals surface area (Å²) in [5.74, 6) is 0.812. The Morgan fingerprint density at radius 2 is 1.91 bits per heavy atom. The number of rotatable bonds is 6. The van der Waals surface area contributed by atoms with E-state index < -0.39 is 5.54 Å². The lowest BCUT2D eigenvalue weighted by Gasteiger charge is -2.38. The molecular formula is C26H33N3O3. The fraction of sp³-hybridized carbons (Fsp3) is 0.462. The Morgan fingerprint density at radius 1 is 1.16 bits per heavy atom. The number of likely N-dealkylation sites (tertiary alicyclic amines) is 1. The second-order valence-electron chi connectivity index (χ2n) is 9.09. The van der Waals surface area contributed by atoms with Crippen molar-refractivity contribution in [2.45, 2.75) is 63.1 Å². The minimum absolute atomic E-state index is 0.00379. The molecule has 0 radical (unpaired) electrons. The number of nitrogens with zero attached hydrogens (tertiary/aromatic N) is 1. The molecule has 0 spiro atoms. The first kappa shape index (κ1) is 22.3. The van der Waals surface area contributed by atoms with Crippen molar-refractivity contribution in [3.05, 3.63) is 65.7 Å². The molecule has 0 unspecified atom stereocenters. The number of hydrogen-bond acceptors (Lipinski definition) is 4. The van der Waals surface area contributed by atoms with Crippen molar-refractivity contribution in [2.24, 2.45) is 5.73 Å². The number of nitrogens with two attached hydrogens (primary N) is 1. The lowest BCUT2D eigenvalue weighted by Crippen LogP contribution is -2.56. The van der Waals surface area contributed by atoms with Crippen LogP contribution < -0.4 is 15.8 Å². The lowest BCUT2D eigenvalue weighted by molar-refractivity contribution is -0.123. The van der Waals surface area contributed by atoms with Gasteiger partial charge in [0.1, 0.15) is 5.75 Å². The topological polar surface area (TPSA) is 84.7 Å². The van der Waals surface area contributed by atoms with Crippen molar-refractivity contribution in [1.29, 1.82) is 0 Å². The molecule has 0 bridgehead atoms. The van der Waals surface area contributed by atoms with E-state index in [0.29, 0.717) is 31.6 Å². The zero-order chi connectivity index (χ0) is 22.6. The average molecular weight is 436 g/mol. The fourth-order valence-electron chi connectivity index (χ4n) is 5.11. The summed E-state index contributed by atoms with van der Waals surface area (Å²) in [7, 11) is 0. The van der Waals surface area contributed by atoms with Gasteiger partial charge in [0.15, 0.2) is 0 Å². The Balaban J connectivity index is 1.64. The Morgan fingerprint density at radius 3 is 2.62 bits per heavy atom. The van der Waals surface area contributed by atoms with Gasteiger partial charge in [0.2, 0.25) is 5.91 Å². The zero-order valence-corrected chi connectivity index (χ0v) is 18.8. The lowest BCUT2D eigenvalue weighted by atomic mass is 9.85. The highest BCUT2D eigenvalue weighted by Gasteiger charge is 2.52. The van der Waals surface area contributed by atoms with Crippen LogP contribution in [0.3, 0.4) is 0 Å². The van der Waals surface area contributed by atoms with Crippen LogP contribution in [0.15, 0.2) is 54.6 Å². The van der Waals surface area contributed by atoms with Crippen LogP contribution in [0.5, 0.6) is 5.75 Å². The molecule has 2 amide bonds. The number of fused-ring (bicyclic) bond motifs is 1. The minimum Gasteiger partial charge on any atom is -0.494 e. The van der Waals surface area contributed by atoms with Crippen LogP contribution >= 0.6 is 0 Å². The number of benzene rings is 2. The molecule has 4 rings (SSSR count). The first-order valence-corrected chi connectivity index (χ1v) is 11.6. The molecular weight excluding hydrogens is 402 g/mol. The quantitative estimate of drug-likeness (QED) is 0.676. The Labute approximate surface area is 190 Å². The molecule has 2 aliphatic rings. The van der Waals surface area contributed by atoms with Gasteiger partial charge < -0.3 is 20.7 Å². The van der Waals surface area contributed by atoms with Crippen LogP contribution in [0, 0.1) is 0 Å². The summed E-state index contributed by atoms with van der Waals surface area (Å²) < 4.78 is 5.69. The summed E-state index contributed by atoms with van der Waals surface area (Å²) in [5, 5.41) is 3.27. The number of nitrogens with one attached hydrogen (secondary N) is 1. The van der Waals surface area contributed by atoms with Crippen LogP contribution in [-0.2, 0) is 4.79 Å². The minimum atomic E-state index is -0.445. The molecule has 0 aromatic heterocycles. The van der Waals surface area contributed by atoms with Gasteiger partial charge in [-0.15, -0.1) is 0 Å². The van der Waals surface area contributed by atoms with Crippen LogP contribution in [0.1, 0.15) is 67.4 Å². The van der Waals surface area contributed by atoms with Gasteiger partial charge in [-0.3, -0.25) is 9.59 Å². The third-order valence-corrected chi connectivity index (χ3v) is 6.72. The molecule has 2 heterocycles. The molecule has 6 heteroatoms. The predicted molar refractivity (Wildman–Crippen MR) is 124 cm³/mol. The molecule has 2 fully saturated rings. The standard InChI is InChI=1S/C26H33N3O3/c1-26-18-22(19-8-3-2-4-9-19)29(23(26)10-5-6-11-24(30)28-26)25(31)20-12-14-21(15-13-20)32-17-7-16-27/h2-4,8-9,12-15,22-23H,5-7,10-11,16-18,27H2,1H3,(H,28,30)/t22-,23-,26-/m0/s1. The monoisotopic (exact) mass is 435 g/mol. The molecule has 2 aliphatic heterocycles. The van der Waals surface area contributed by atoms with Gasteiger partial charge in [-0.05, 0) is 69.0 Å². The van der Waals surface area contributed by atoms with E-state index in [1.54, 1.807) is 0 Å². The van der Waals surface area contributed by atoms with Crippen LogP contribution in [0.2, 0.25) is 0 Å². The zero-order valence-electron chi connectivity index (χ0n) is 18.8. The average Bonchev–Trinajstić information content (AvgIpc) is 3.07. The maximum absolute atomic E-state index is 13.8. The van der Waals surface area contributed by atoms with Crippen molar-refractivity contribution >= 4 is 11.8 Å². The highest BCUT2D eigenvalue weighted by Crippen LogP contribution is 2.45. The Hall–Kier alpha value is -2.86. The molecule has 170 valence electrons. The van der Waals surface area contributed by atoms with Crippen molar-refractivity contribution in [1.82, 2.24) is 10.2 Å². The number of amides is 2. The summed E-state index contributed by atoms with van der Waals surface area (Å²) in [6, 6.07) is 17.4. The van der Waals surface area contributed by atoms with Crippen molar-refractivity contribution in [2.75, 3.05) is 13.2 Å². The fourth-order valence-corrected chi connectivity index (χ4v) is 5.11. The molecule has 3 N–H and O–H groups in total. The van der Waals surface area contributed by atoms with E-state index in [2.05, 4.69) is 24.4 Å². The van der Waals surface area contributed by atoms with Gasteiger partial charge in [-0.25, -0.2) is 0 Å². The van der Waals surface area contributed by atoms with Crippen LogP contribution in [0.4, 0.5) is 0 Å². The highest BCUT2D eigenvalue weighted by atomic mass is 16.5. The first-order valence-electron chi connectivity index (χ1n) is 11.6. The van der Waals surface area contributed by atoms with Gasteiger partial charge in [-0.2, -0.15) is 0 Å². The normalized spacial score (nSPS) is 25.4. The Kier molecular flexibility index (Phi) is 6.80. The molecule has 2 saturated heterocycles. The number of carbonyl (C=O) groups is 2. The number of hydrogen-bond donors (Lipinski definition) is 2. The molecule has 0 aliphatic carbocycles. The summed E-state index contributed by atoms with van der Waals surface area (Å²) in [4.78, 5) is 28.3. The van der Waals surface area contributed by atoms with Crippen molar-refractivity contribution < 1.29 is 14.3 Å². The summed E-state index contributed by atoms with van der Waals surface area (Å²) in [6.45, 7) is 3.24. The van der Waals surface area contributed by atoms with Gasteiger partial charge in [0, 0.05) is 12.0 Å². The maximum atomic E-state index is 13.8. The highest BCUT2D eigenvalue weighted by molar-refractivity contribution is 5.95. The van der Waals surface area contributed by atoms with E-state index in [9.17, 15) is 9.59 Å². The third kappa shape index (κ3) is 4.65. The molecule has 2 aromatic carbocycles. The first-order chi connectivity index (χ1) is 15.5. The van der Waals surface area contributed by atoms with Crippen molar-refractivity contribution in [3.8, 4) is 5.75 Å². The SMILES string of the molecule is C[C@]12C[C@@H](c3ccccc3)N(C(=O)c3ccc(OCCCN)cc3)[C@H]1CCCCC(=O)N2.